The van der Waals surface area contributed by atoms with E-state index < -0.39 is 17.6 Å². The Balaban J connectivity index is 2.21. The van der Waals surface area contributed by atoms with Crippen LogP contribution in [0, 0.1) is 11.6 Å². The molecule has 0 spiro atoms. The number of fused-ring (bicyclic) bond motifs is 1. The van der Waals surface area contributed by atoms with E-state index in [1.807, 2.05) is 0 Å². The molecule has 0 amide bonds. The number of halogens is 3. The van der Waals surface area contributed by atoms with Crippen LogP contribution in [0.1, 0.15) is 17.0 Å². The van der Waals surface area contributed by atoms with Gasteiger partial charge in [-0.05, 0) is 35.9 Å². The van der Waals surface area contributed by atoms with Crippen LogP contribution in [0.5, 0.6) is 5.75 Å². The summed E-state index contributed by atoms with van der Waals surface area (Å²) in [5.41, 5.74) is 1.53. The lowest BCUT2D eigenvalue weighted by Gasteiger charge is -2.27. The van der Waals surface area contributed by atoms with E-state index >= 15 is 0 Å². The third-order valence-corrected chi connectivity index (χ3v) is 4.05. The van der Waals surface area contributed by atoms with Gasteiger partial charge in [-0.3, -0.25) is 0 Å². The highest BCUT2D eigenvalue weighted by molar-refractivity contribution is 9.09. The van der Waals surface area contributed by atoms with Crippen molar-refractivity contribution in [2.75, 3.05) is 5.33 Å². The molecule has 22 heavy (non-hydrogen) atoms. The number of rotatable bonds is 3. The minimum Gasteiger partial charge on any atom is -0.460 e. The Morgan fingerprint density at radius 3 is 2.59 bits per heavy atom. The van der Waals surface area contributed by atoms with Gasteiger partial charge in [-0.25, -0.2) is 8.78 Å². The molecule has 0 saturated heterocycles. The molecule has 1 heterocycles. The zero-order valence-corrected chi connectivity index (χ0v) is 12.9. The molecule has 112 valence electrons. The van der Waals surface area contributed by atoms with Crippen molar-refractivity contribution in [3.8, 4) is 5.75 Å². The number of allylic oxidation sites excluding steroid dienone is 2. The standard InChI is InChI=1S/C17H11BrF2O2/c18-8-16-17(10-2-1-3-11(19)6-10)14(9-21)13-7-12(20)4-5-15(13)22-16/h1-7,9,14H,8H2. The summed E-state index contributed by atoms with van der Waals surface area (Å²) >= 11 is 3.32. The van der Waals surface area contributed by atoms with Crippen LogP contribution in [0.2, 0.25) is 0 Å². The van der Waals surface area contributed by atoms with Gasteiger partial charge in [-0.1, -0.05) is 28.1 Å². The van der Waals surface area contributed by atoms with Gasteiger partial charge in [0.25, 0.3) is 0 Å². The van der Waals surface area contributed by atoms with E-state index in [0.717, 1.165) is 6.29 Å². The van der Waals surface area contributed by atoms with Gasteiger partial charge in [-0.15, -0.1) is 0 Å². The van der Waals surface area contributed by atoms with Gasteiger partial charge >= 0.3 is 0 Å². The summed E-state index contributed by atoms with van der Waals surface area (Å²) in [5.74, 6) is -0.604. The maximum absolute atomic E-state index is 13.5. The molecule has 0 bridgehead atoms. The normalized spacial score (nSPS) is 17.0. The van der Waals surface area contributed by atoms with Gasteiger partial charge in [0.1, 0.15) is 29.4 Å². The molecule has 1 atom stereocenters. The van der Waals surface area contributed by atoms with Gasteiger partial charge in [0.2, 0.25) is 0 Å². The summed E-state index contributed by atoms with van der Waals surface area (Å²) in [4.78, 5) is 11.6. The summed E-state index contributed by atoms with van der Waals surface area (Å²) in [6, 6.07) is 9.97. The Hall–Kier alpha value is -2.01. The smallest absolute Gasteiger partial charge is 0.132 e. The Labute approximate surface area is 134 Å². The number of carbonyl (C=O) groups is 1. The van der Waals surface area contributed by atoms with Crippen LogP contribution in [-0.2, 0) is 4.79 Å². The predicted molar refractivity (Wildman–Crippen MR) is 82.9 cm³/mol. The zero-order valence-electron chi connectivity index (χ0n) is 11.4. The molecular weight excluding hydrogens is 354 g/mol. The molecule has 1 aliphatic heterocycles. The Morgan fingerprint density at radius 2 is 1.91 bits per heavy atom. The minimum absolute atomic E-state index is 0.361. The van der Waals surface area contributed by atoms with Crippen molar-refractivity contribution in [1.82, 2.24) is 0 Å². The summed E-state index contributed by atoms with van der Waals surface area (Å²) in [6.07, 6.45) is 0.726. The van der Waals surface area contributed by atoms with Crippen molar-refractivity contribution in [3.05, 3.63) is 71.0 Å². The SMILES string of the molecule is O=CC1C(c2cccc(F)c2)=C(CBr)Oc2ccc(F)cc21. The maximum Gasteiger partial charge on any atom is 0.132 e. The van der Waals surface area contributed by atoms with Gasteiger partial charge in [0.05, 0.1) is 11.2 Å². The number of hydrogen-bond donors (Lipinski definition) is 0. The number of benzene rings is 2. The molecule has 1 aliphatic rings. The minimum atomic E-state index is -0.700. The first-order valence-corrected chi connectivity index (χ1v) is 7.73. The van der Waals surface area contributed by atoms with Gasteiger partial charge in [0.15, 0.2) is 0 Å². The molecule has 0 N–H and O–H groups in total. The fraction of sp³-hybridized carbons (Fsp3) is 0.118. The second-order valence-corrected chi connectivity index (χ2v) is 5.44. The second-order valence-electron chi connectivity index (χ2n) is 4.88. The molecule has 2 aromatic carbocycles. The van der Waals surface area contributed by atoms with Crippen molar-refractivity contribution >= 4 is 27.8 Å². The molecule has 2 nitrogen and oxygen atoms in total. The molecule has 0 aromatic heterocycles. The molecule has 2 aromatic rings. The lowest BCUT2D eigenvalue weighted by Crippen LogP contribution is -2.17. The number of carbonyl (C=O) groups excluding carboxylic acids is 1. The van der Waals surface area contributed by atoms with Crippen molar-refractivity contribution in [2.45, 2.75) is 5.92 Å². The van der Waals surface area contributed by atoms with Crippen molar-refractivity contribution in [2.24, 2.45) is 0 Å². The highest BCUT2D eigenvalue weighted by Crippen LogP contribution is 2.43. The van der Waals surface area contributed by atoms with Crippen LogP contribution < -0.4 is 4.74 Å². The van der Waals surface area contributed by atoms with E-state index in [2.05, 4.69) is 15.9 Å². The number of alkyl halides is 1. The second kappa shape index (κ2) is 6.01. The third-order valence-electron chi connectivity index (χ3n) is 3.54. The summed E-state index contributed by atoms with van der Waals surface area (Å²) in [6.45, 7) is 0. The average Bonchev–Trinajstić information content (AvgIpc) is 2.53. The molecule has 0 saturated carbocycles. The lowest BCUT2D eigenvalue weighted by atomic mass is 9.85. The monoisotopic (exact) mass is 364 g/mol. The maximum atomic E-state index is 13.5. The number of ether oxygens (including phenoxy) is 1. The first-order valence-electron chi connectivity index (χ1n) is 6.61. The largest absolute Gasteiger partial charge is 0.460 e. The number of aldehydes is 1. The number of hydrogen-bond acceptors (Lipinski definition) is 2. The van der Waals surface area contributed by atoms with Crippen LogP contribution in [0.25, 0.3) is 5.57 Å². The van der Waals surface area contributed by atoms with E-state index in [9.17, 15) is 13.6 Å². The average molecular weight is 365 g/mol. The van der Waals surface area contributed by atoms with Crippen molar-refractivity contribution in [3.63, 3.8) is 0 Å². The highest BCUT2D eigenvalue weighted by atomic mass is 79.9. The van der Waals surface area contributed by atoms with Crippen LogP contribution in [0.4, 0.5) is 8.78 Å². The molecule has 3 rings (SSSR count). The topological polar surface area (TPSA) is 26.3 Å². The predicted octanol–water partition coefficient (Wildman–Crippen LogP) is 4.45. The van der Waals surface area contributed by atoms with Crippen LogP contribution >= 0.6 is 15.9 Å². The first-order chi connectivity index (χ1) is 10.6. The summed E-state index contributed by atoms with van der Waals surface area (Å²) in [5, 5.41) is 0.361. The highest BCUT2D eigenvalue weighted by Gasteiger charge is 2.30. The van der Waals surface area contributed by atoms with Crippen LogP contribution in [0.3, 0.4) is 0 Å². The van der Waals surface area contributed by atoms with Crippen LogP contribution in [-0.4, -0.2) is 11.6 Å². The van der Waals surface area contributed by atoms with Crippen molar-refractivity contribution in [1.29, 1.82) is 0 Å². The van der Waals surface area contributed by atoms with Gasteiger partial charge < -0.3 is 9.53 Å². The van der Waals surface area contributed by atoms with Gasteiger partial charge in [-0.2, -0.15) is 0 Å². The molecule has 1 unspecified atom stereocenters. The molecular formula is C17H11BrF2O2. The quantitative estimate of drug-likeness (QED) is 0.594. The summed E-state index contributed by atoms with van der Waals surface area (Å²) in [7, 11) is 0. The Morgan fingerprint density at radius 1 is 1.14 bits per heavy atom. The molecule has 0 aliphatic carbocycles. The first kappa shape index (κ1) is 14.9. The van der Waals surface area contributed by atoms with Gasteiger partial charge in [0, 0.05) is 11.1 Å². The van der Waals surface area contributed by atoms with E-state index in [4.69, 9.17) is 4.74 Å². The van der Waals surface area contributed by atoms with E-state index in [1.165, 1.54) is 30.3 Å². The molecule has 0 radical (unpaired) electrons. The summed E-state index contributed by atoms with van der Waals surface area (Å²) < 4.78 is 32.8. The van der Waals surface area contributed by atoms with E-state index in [1.54, 1.807) is 12.1 Å². The lowest BCUT2D eigenvalue weighted by molar-refractivity contribution is -0.108. The van der Waals surface area contributed by atoms with Crippen LogP contribution in [0.15, 0.2) is 48.2 Å². The Bertz CT molecular complexity index is 771. The molecule has 5 heteroatoms. The van der Waals surface area contributed by atoms with E-state index in [0.29, 0.717) is 33.5 Å². The van der Waals surface area contributed by atoms with E-state index in [-0.39, 0.29) is 0 Å². The molecule has 0 fully saturated rings. The third kappa shape index (κ3) is 2.57. The Kier molecular flexibility index (Phi) is 4.07. The fourth-order valence-corrected chi connectivity index (χ4v) is 3.03. The zero-order chi connectivity index (χ0) is 15.7. The fourth-order valence-electron chi connectivity index (χ4n) is 2.61. The van der Waals surface area contributed by atoms with Crippen molar-refractivity contribution < 1.29 is 18.3 Å².